The Morgan fingerprint density at radius 1 is 1.23 bits per heavy atom. The number of aliphatic hydroxyl groups is 1. The summed E-state index contributed by atoms with van der Waals surface area (Å²) in [4.78, 5) is 12.9. The molecule has 1 heterocycles. The van der Waals surface area contributed by atoms with Gasteiger partial charge in [-0.2, -0.15) is 0 Å². The quantitative estimate of drug-likeness (QED) is 0.594. The fourth-order valence-corrected chi connectivity index (χ4v) is 5.05. The molecule has 0 unspecified atom stereocenters. The minimum absolute atomic E-state index is 0.0516. The first-order valence-electron chi connectivity index (χ1n) is 9.02. The van der Waals surface area contributed by atoms with Crippen molar-refractivity contribution >= 4 is 21.4 Å². The fourth-order valence-electron chi connectivity index (χ4n) is 4.30. The SMILES string of the molecule is CNS(=O)(=O)c1ccc(N2CCC[C@@H]2[C@H]2CCCC[C@@H]2O)c([N+](=O)[O-])c1. The molecule has 3 atom stereocenters. The highest BCUT2D eigenvalue weighted by Gasteiger charge is 2.39. The Bertz CT molecular complexity index is 783. The first-order valence-corrected chi connectivity index (χ1v) is 10.5. The molecule has 0 aromatic heterocycles. The van der Waals surface area contributed by atoms with E-state index in [1.165, 1.54) is 19.2 Å². The Kier molecular flexibility index (Phi) is 5.50. The van der Waals surface area contributed by atoms with Crippen LogP contribution in [0.1, 0.15) is 38.5 Å². The van der Waals surface area contributed by atoms with Crippen LogP contribution in [0.3, 0.4) is 0 Å². The zero-order valence-corrected chi connectivity index (χ0v) is 15.6. The summed E-state index contributed by atoms with van der Waals surface area (Å²) in [5.74, 6) is 0.103. The number of hydrogen-bond donors (Lipinski definition) is 2. The molecule has 0 radical (unpaired) electrons. The maximum atomic E-state index is 12.0. The molecule has 0 bridgehead atoms. The van der Waals surface area contributed by atoms with Crippen molar-refractivity contribution in [3.63, 3.8) is 0 Å². The monoisotopic (exact) mass is 383 g/mol. The van der Waals surface area contributed by atoms with E-state index < -0.39 is 14.9 Å². The lowest BCUT2D eigenvalue weighted by atomic mass is 9.80. The topological polar surface area (TPSA) is 113 Å². The van der Waals surface area contributed by atoms with Crippen molar-refractivity contribution < 1.29 is 18.4 Å². The van der Waals surface area contributed by atoms with Crippen molar-refractivity contribution in [3.05, 3.63) is 28.3 Å². The molecular formula is C17H25N3O5S. The molecular weight excluding hydrogens is 358 g/mol. The molecule has 1 aliphatic carbocycles. The summed E-state index contributed by atoms with van der Waals surface area (Å²) in [7, 11) is -2.48. The van der Waals surface area contributed by atoms with Crippen molar-refractivity contribution in [2.45, 2.75) is 55.6 Å². The van der Waals surface area contributed by atoms with Gasteiger partial charge in [-0.1, -0.05) is 12.8 Å². The fraction of sp³-hybridized carbons (Fsp3) is 0.647. The smallest absolute Gasteiger partial charge is 0.293 e. The van der Waals surface area contributed by atoms with Crippen LogP contribution in [0, 0.1) is 16.0 Å². The molecule has 2 N–H and O–H groups in total. The van der Waals surface area contributed by atoms with Crippen molar-refractivity contribution in [2.24, 2.45) is 5.92 Å². The summed E-state index contributed by atoms with van der Waals surface area (Å²) in [6.45, 7) is 0.673. The van der Waals surface area contributed by atoms with Gasteiger partial charge < -0.3 is 10.0 Å². The van der Waals surface area contributed by atoms with E-state index in [2.05, 4.69) is 4.72 Å². The minimum Gasteiger partial charge on any atom is -0.393 e. The van der Waals surface area contributed by atoms with Crippen molar-refractivity contribution in [3.8, 4) is 0 Å². The molecule has 1 aliphatic heterocycles. The van der Waals surface area contributed by atoms with Gasteiger partial charge in [0.25, 0.3) is 5.69 Å². The van der Waals surface area contributed by atoms with Crippen molar-refractivity contribution in [1.29, 1.82) is 0 Å². The normalized spacial score (nSPS) is 26.8. The summed E-state index contributed by atoms with van der Waals surface area (Å²) in [6, 6.07) is 4.10. The lowest BCUT2D eigenvalue weighted by Gasteiger charge is -2.38. The zero-order chi connectivity index (χ0) is 18.9. The average molecular weight is 383 g/mol. The molecule has 2 aliphatic rings. The lowest BCUT2D eigenvalue weighted by Crippen LogP contribution is -2.43. The van der Waals surface area contributed by atoms with Crippen LogP contribution in [0.25, 0.3) is 0 Å². The third-order valence-electron chi connectivity index (χ3n) is 5.61. The maximum absolute atomic E-state index is 12.0. The van der Waals surface area contributed by atoms with Gasteiger partial charge >= 0.3 is 0 Å². The Hall–Kier alpha value is -1.71. The molecule has 3 rings (SSSR count). The summed E-state index contributed by atoms with van der Waals surface area (Å²) in [5, 5.41) is 22.0. The molecule has 0 spiro atoms. The molecule has 0 amide bonds. The van der Waals surface area contributed by atoms with E-state index in [-0.39, 0.29) is 28.6 Å². The van der Waals surface area contributed by atoms with Gasteiger partial charge in [0.2, 0.25) is 10.0 Å². The second kappa shape index (κ2) is 7.50. The van der Waals surface area contributed by atoms with E-state index in [0.29, 0.717) is 12.2 Å². The Balaban J connectivity index is 1.98. The molecule has 1 aromatic carbocycles. The van der Waals surface area contributed by atoms with Gasteiger partial charge in [0.1, 0.15) is 5.69 Å². The van der Waals surface area contributed by atoms with E-state index in [0.717, 1.165) is 44.6 Å². The maximum Gasteiger partial charge on any atom is 0.293 e. The molecule has 144 valence electrons. The van der Waals surface area contributed by atoms with E-state index in [9.17, 15) is 23.6 Å². The third kappa shape index (κ3) is 3.56. The summed E-state index contributed by atoms with van der Waals surface area (Å²) in [5.41, 5.74) is 0.226. The zero-order valence-electron chi connectivity index (χ0n) is 14.8. The van der Waals surface area contributed by atoms with E-state index in [4.69, 9.17) is 0 Å². The molecule has 2 fully saturated rings. The first-order chi connectivity index (χ1) is 12.3. The highest BCUT2D eigenvalue weighted by atomic mass is 32.2. The second-order valence-corrected chi connectivity index (χ2v) is 8.92. The molecule has 1 saturated carbocycles. The number of nitro benzene ring substituents is 1. The number of hydrogen-bond acceptors (Lipinski definition) is 6. The predicted molar refractivity (Wildman–Crippen MR) is 97.7 cm³/mol. The van der Waals surface area contributed by atoms with Crippen LogP contribution in [-0.2, 0) is 10.0 Å². The molecule has 1 saturated heterocycles. The van der Waals surface area contributed by atoms with E-state index >= 15 is 0 Å². The largest absolute Gasteiger partial charge is 0.393 e. The third-order valence-corrected chi connectivity index (χ3v) is 7.02. The van der Waals surface area contributed by atoms with Crippen LogP contribution in [0.2, 0.25) is 0 Å². The van der Waals surface area contributed by atoms with Gasteiger partial charge in [-0.25, -0.2) is 13.1 Å². The van der Waals surface area contributed by atoms with Crippen LogP contribution in [0.4, 0.5) is 11.4 Å². The van der Waals surface area contributed by atoms with Crippen molar-refractivity contribution in [2.75, 3.05) is 18.5 Å². The molecule has 1 aromatic rings. The van der Waals surface area contributed by atoms with Crippen LogP contribution in [0.15, 0.2) is 23.1 Å². The summed E-state index contributed by atoms with van der Waals surface area (Å²) in [6.07, 6.45) is 5.18. The van der Waals surface area contributed by atoms with Crippen LogP contribution >= 0.6 is 0 Å². The highest BCUT2D eigenvalue weighted by molar-refractivity contribution is 7.89. The molecule has 8 nitrogen and oxygen atoms in total. The Morgan fingerprint density at radius 2 is 1.96 bits per heavy atom. The number of anilines is 1. The number of nitro groups is 1. The van der Waals surface area contributed by atoms with Crippen LogP contribution < -0.4 is 9.62 Å². The van der Waals surface area contributed by atoms with Crippen LogP contribution in [0.5, 0.6) is 0 Å². The second-order valence-electron chi connectivity index (χ2n) is 7.03. The standard InChI is InChI=1S/C17H25N3O5S/c1-18-26(24,25)12-8-9-15(16(11-12)20(22)23)19-10-4-6-14(19)13-5-2-3-7-17(13)21/h8-9,11,13-14,17-18,21H,2-7,10H2,1H3/t13-,14-,17+/m1/s1. The van der Waals surface area contributed by atoms with Gasteiger partial charge in [-0.05, 0) is 44.9 Å². The van der Waals surface area contributed by atoms with Gasteiger partial charge in [0.05, 0.1) is 15.9 Å². The van der Waals surface area contributed by atoms with Gasteiger partial charge in [-0.3, -0.25) is 10.1 Å². The van der Waals surface area contributed by atoms with Crippen molar-refractivity contribution in [1.82, 2.24) is 4.72 Å². The van der Waals surface area contributed by atoms with E-state index in [1.807, 2.05) is 4.90 Å². The lowest BCUT2D eigenvalue weighted by molar-refractivity contribution is -0.384. The highest BCUT2D eigenvalue weighted by Crippen LogP contribution is 2.40. The van der Waals surface area contributed by atoms with Crippen LogP contribution in [-0.4, -0.2) is 44.2 Å². The number of nitrogens with one attached hydrogen (secondary N) is 1. The summed E-state index contributed by atoms with van der Waals surface area (Å²) < 4.78 is 26.1. The van der Waals surface area contributed by atoms with Gasteiger partial charge in [0, 0.05) is 24.6 Å². The molecule has 26 heavy (non-hydrogen) atoms. The number of benzene rings is 1. The number of nitrogens with zero attached hydrogens (tertiary/aromatic N) is 2. The predicted octanol–water partition coefficient (Wildman–Crippen LogP) is 2.02. The molecule has 9 heteroatoms. The van der Waals surface area contributed by atoms with Gasteiger partial charge in [-0.15, -0.1) is 0 Å². The Labute approximate surface area is 153 Å². The van der Waals surface area contributed by atoms with E-state index in [1.54, 1.807) is 0 Å². The number of rotatable bonds is 5. The number of aliphatic hydroxyl groups excluding tert-OH is 1. The average Bonchev–Trinajstić information content (AvgIpc) is 3.10. The minimum atomic E-state index is -3.75. The number of sulfonamides is 1. The first kappa shape index (κ1) is 19.1. The summed E-state index contributed by atoms with van der Waals surface area (Å²) >= 11 is 0. The Morgan fingerprint density at radius 3 is 2.62 bits per heavy atom. The van der Waals surface area contributed by atoms with Gasteiger partial charge in [0.15, 0.2) is 0 Å².